The van der Waals surface area contributed by atoms with Crippen LogP contribution in [0.1, 0.15) is 25.8 Å². The fourth-order valence-corrected chi connectivity index (χ4v) is 2.71. The number of anilines is 1. The molecule has 1 fully saturated rings. The highest BCUT2D eigenvalue weighted by Crippen LogP contribution is 2.22. The fraction of sp³-hybridized carbons (Fsp3) is 0.400. The van der Waals surface area contributed by atoms with E-state index in [2.05, 4.69) is 26.6 Å². The third-order valence-corrected chi connectivity index (χ3v) is 4.31. The molecule has 1 heterocycles. The minimum atomic E-state index is -0.926. The smallest absolute Gasteiger partial charge is 0.324 e. The second-order valence-corrected chi connectivity index (χ2v) is 6.43. The van der Waals surface area contributed by atoms with E-state index in [9.17, 15) is 14.4 Å². The largest absolute Gasteiger partial charge is 0.325 e. The molecule has 1 aromatic carbocycles. The summed E-state index contributed by atoms with van der Waals surface area (Å²) in [6, 6.07) is 4.92. The summed E-state index contributed by atoms with van der Waals surface area (Å²) in [5.74, 6) is -0.781. The number of rotatable bonds is 4. The van der Waals surface area contributed by atoms with Gasteiger partial charge in [0.1, 0.15) is 12.1 Å². The molecule has 1 unspecified atom stereocenters. The minimum absolute atomic E-state index is 0.296. The molecule has 0 aliphatic carbocycles. The van der Waals surface area contributed by atoms with Gasteiger partial charge in [-0.2, -0.15) is 0 Å². The summed E-state index contributed by atoms with van der Waals surface area (Å²) in [6.45, 7) is 5.04. The summed E-state index contributed by atoms with van der Waals surface area (Å²) in [7, 11) is 0. The van der Waals surface area contributed by atoms with Crippen LogP contribution in [-0.4, -0.2) is 34.8 Å². The fourth-order valence-electron chi connectivity index (χ4n) is 2.23. The molecule has 0 spiro atoms. The molecule has 1 aliphatic rings. The molecule has 1 atom stereocenters. The van der Waals surface area contributed by atoms with Crippen LogP contribution in [0.3, 0.4) is 0 Å². The van der Waals surface area contributed by atoms with Gasteiger partial charge in [-0.1, -0.05) is 22.9 Å². The highest BCUT2D eigenvalue weighted by molar-refractivity contribution is 9.10. The van der Waals surface area contributed by atoms with Gasteiger partial charge < -0.3 is 10.6 Å². The Labute approximate surface area is 137 Å². The Kier molecular flexibility index (Phi) is 4.55. The first-order chi connectivity index (χ1) is 10.3. The van der Waals surface area contributed by atoms with E-state index >= 15 is 0 Å². The number of benzene rings is 1. The Morgan fingerprint density at radius 2 is 2.09 bits per heavy atom. The molecule has 22 heavy (non-hydrogen) atoms. The first-order valence-corrected chi connectivity index (χ1v) is 7.76. The van der Waals surface area contributed by atoms with Crippen molar-refractivity contribution in [2.24, 2.45) is 0 Å². The van der Waals surface area contributed by atoms with E-state index in [-0.39, 0.29) is 12.5 Å². The predicted octanol–water partition coefficient (Wildman–Crippen LogP) is 2.42. The van der Waals surface area contributed by atoms with Gasteiger partial charge in [-0.05, 0) is 44.0 Å². The Bertz CT molecular complexity index is 647. The van der Waals surface area contributed by atoms with Gasteiger partial charge in [0.15, 0.2) is 0 Å². The molecule has 1 aromatic rings. The molecule has 0 radical (unpaired) electrons. The molecule has 0 saturated carbocycles. The number of urea groups is 1. The van der Waals surface area contributed by atoms with Gasteiger partial charge in [0.05, 0.1) is 0 Å². The lowest BCUT2D eigenvalue weighted by Crippen LogP contribution is -2.44. The summed E-state index contributed by atoms with van der Waals surface area (Å²) in [6.07, 6.45) is 0.474. The molecular formula is C15H18BrN3O3. The van der Waals surface area contributed by atoms with Crippen LogP contribution in [-0.2, 0) is 9.59 Å². The van der Waals surface area contributed by atoms with Crippen LogP contribution in [0, 0.1) is 6.92 Å². The third kappa shape index (κ3) is 3.14. The quantitative estimate of drug-likeness (QED) is 0.802. The lowest BCUT2D eigenvalue weighted by Gasteiger charge is -2.19. The van der Waals surface area contributed by atoms with Gasteiger partial charge in [-0.3, -0.25) is 14.5 Å². The van der Waals surface area contributed by atoms with Crippen LogP contribution >= 0.6 is 15.9 Å². The monoisotopic (exact) mass is 367 g/mol. The van der Waals surface area contributed by atoms with Crippen molar-refractivity contribution in [3.8, 4) is 0 Å². The maximum absolute atomic E-state index is 12.2. The third-order valence-electron chi connectivity index (χ3n) is 3.82. The maximum Gasteiger partial charge on any atom is 0.325 e. The maximum atomic E-state index is 12.2. The number of aryl methyl sites for hydroxylation is 1. The zero-order valence-corrected chi connectivity index (χ0v) is 14.3. The zero-order valence-electron chi connectivity index (χ0n) is 12.7. The molecular weight excluding hydrogens is 350 g/mol. The molecule has 4 amide bonds. The molecule has 0 aromatic heterocycles. The second kappa shape index (κ2) is 6.08. The van der Waals surface area contributed by atoms with E-state index in [1.165, 1.54) is 0 Å². The van der Waals surface area contributed by atoms with E-state index in [0.717, 1.165) is 14.9 Å². The lowest BCUT2D eigenvalue weighted by atomic mass is 9.99. The minimum Gasteiger partial charge on any atom is -0.324 e. The first-order valence-electron chi connectivity index (χ1n) is 6.97. The summed E-state index contributed by atoms with van der Waals surface area (Å²) in [4.78, 5) is 37.1. The number of nitrogens with zero attached hydrogens (tertiary/aromatic N) is 1. The van der Waals surface area contributed by atoms with Crippen LogP contribution in [0.5, 0.6) is 0 Å². The normalized spacial score (nSPS) is 21.0. The standard InChI is InChI=1S/C15H18BrN3O3/c1-4-15(3)13(21)19(14(22)18-15)8-12(20)17-11-6-5-10(16)7-9(11)2/h5-7H,4,8H2,1-3H3,(H,17,20)(H,18,22). The molecule has 7 heteroatoms. The van der Waals surface area contributed by atoms with Crippen molar-refractivity contribution in [2.45, 2.75) is 32.7 Å². The molecule has 0 bridgehead atoms. The van der Waals surface area contributed by atoms with Crippen LogP contribution in [0.25, 0.3) is 0 Å². The highest BCUT2D eigenvalue weighted by Gasteiger charge is 2.46. The van der Waals surface area contributed by atoms with Crippen molar-refractivity contribution < 1.29 is 14.4 Å². The predicted molar refractivity (Wildman–Crippen MR) is 86.4 cm³/mol. The second-order valence-electron chi connectivity index (χ2n) is 5.51. The van der Waals surface area contributed by atoms with E-state index in [0.29, 0.717) is 12.1 Å². The zero-order chi connectivity index (χ0) is 16.5. The van der Waals surface area contributed by atoms with Crippen molar-refractivity contribution in [1.82, 2.24) is 10.2 Å². The van der Waals surface area contributed by atoms with E-state index < -0.39 is 17.5 Å². The first kappa shape index (κ1) is 16.5. The van der Waals surface area contributed by atoms with Crippen molar-refractivity contribution >= 4 is 39.5 Å². The van der Waals surface area contributed by atoms with Gasteiger partial charge in [-0.25, -0.2) is 4.79 Å². The molecule has 1 aliphatic heterocycles. The number of hydrogen-bond acceptors (Lipinski definition) is 3. The van der Waals surface area contributed by atoms with Crippen LogP contribution in [0.4, 0.5) is 10.5 Å². The summed E-state index contributed by atoms with van der Waals surface area (Å²) in [5.41, 5.74) is 0.613. The SMILES string of the molecule is CCC1(C)NC(=O)N(CC(=O)Nc2ccc(Br)cc2C)C1=O. The lowest BCUT2D eigenvalue weighted by molar-refractivity contribution is -0.133. The van der Waals surface area contributed by atoms with E-state index in [4.69, 9.17) is 0 Å². The number of nitrogens with one attached hydrogen (secondary N) is 2. The van der Waals surface area contributed by atoms with Gasteiger partial charge >= 0.3 is 6.03 Å². The number of amides is 4. The van der Waals surface area contributed by atoms with Crippen molar-refractivity contribution in [3.05, 3.63) is 28.2 Å². The topological polar surface area (TPSA) is 78.5 Å². The van der Waals surface area contributed by atoms with Crippen molar-refractivity contribution in [1.29, 1.82) is 0 Å². The molecule has 2 rings (SSSR count). The summed E-state index contributed by atoms with van der Waals surface area (Å²) >= 11 is 3.35. The average Bonchev–Trinajstić information content (AvgIpc) is 2.66. The highest BCUT2D eigenvalue weighted by atomic mass is 79.9. The Morgan fingerprint density at radius 1 is 1.41 bits per heavy atom. The number of carbonyl (C=O) groups excluding carboxylic acids is 3. The average molecular weight is 368 g/mol. The summed E-state index contributed by atoms with van der Waals surface area (Å²) < 4.78 is 0.913. The summed E-state index contributed by atoms with van der Waals surface area (Å²) in [5, 5.41) is 5.34. The molecule has 6 nitrogen and oxygen atoms in total. The van der Waals surface area contributed by atoms with Gasteiger partial charge in [0.2, 0.25) is 5.91 Å². The van der Waals surface area contributed by atoms with Crippen molar-refractivity contribution in [3.63, 3.8) is 0 Å². The van der Waals surface area contributed by atoms with Gasteiger partial charge in [0, 0.05) is 10.2 Å². The number of imide groups is 1. The van der Waals surface area contributed by atoms with Crippen LogP contribution in [0.15, 0.2) is 22.7 Å². The molecule has 118 valence electrons. The molecule has 2 N–H and O–H groups in total. The van der Waals surface area contributed by atoms with Gasteiger partial charge in [0.25, 0.3) is 5.91 Å². The van der Waals surface area contributed by atoms with Crippen LogP contribution in [0.2, 0.25) is 0 Å². The number of halogens is 1. The number of carbonyl (C=O) groups is 3. The van der Waals surface area contributed by atoms with Crippen molar-refractivity contribution in [2.75, 3.05) is 11.9 Å². The number of hydrogen-bond donors (Lipinski definition) is 2. The molecule has 1 saturated heterocycles. The van der Waals surface area contributed by atoms with E-state index in [1.54, 1.807) is 13.0 Å². The Morgan fingerprint density at radius 3 is 2.64 bits per heavy atom. The Balaban J connectivity index is 2.06. The Hall–Kier alpha value is -1.89. The van der Waals surface area contributed by atoms with Gasteiger partial charge in [-0.15, -0.1) is 0 Å². The van der Waals surface area contributed by atoms with Crippen LogP contribution < -0.4 is 10.6 Å². The van der Waals surface area contributed by atoms with E-state index in [1.807, 2.05) is 26.0 Å².